The quantitative estimate of drug-likeness (QED) is 0.484. The Morgan fingerprint density at radius 1 is 1.44 bits per heavy atom. The van der Waals surface area contributed by atoms with Crippen molar-refractivity contribution in [3.05, 3.63) is 0 Å². The molecular weight excluding hydrogens is 204 g/mol. The molecule has 1 fully saturated rings. The molecule has 1 saturated heterocycles. The number of amides is 1. The minimum absolute atomic E-state index is 0.180. The fourth-order valence-corrected chi connectivity index (χ4v) is 2.09. The van der Waals surface area contributed by atoms with Gasteiger partial charge in [0, 0.05) is 25.8 Å². The molecule has 5 nitrogen and oxygen atoms in total. The summed E-state index contributed by atoms with van der Waals surface area (Å²) in [6, 6.07) is 0. The minimum atomic E-state index is -0.281. The van der Waals surface area contributed by atoms with Gasteiger partial charge in [-0.2, -0.15) is 0 Å². The number of rotatable bonds is 0. The summed E-state index contributed by atoms with van der Waals surface area (Å²) < 4.78 is 0. The molecule has 1 aliphatic heterocycles. The summed E-state index contributed by atoms with van der Waals surface area (Å²) in [4.78, 5) is 19.6. The fraction of sp³-hybridized carbons (Fsp3) is 0.727. The van der Waals surface area contributed by atoms with E-state index in [1.165, 1.54) is 6.21 Å². The van der Waals surface area contributed by atoms with Gasteiger partial charge in [-0.1, -0.05) is 0 Å². The van der Waals surface area contributed by atoms with Gasteiger partial charge < -0.3 is 9.80 Å². The van der Waals surface area contributed by atoms with Gasteiger partial charge in [-0.05, 0) is 27.8 Å². The lowest BCUT2D eigenvalue weighted by Crippen LogP contribution is -2.61. The number of amidine groups is 1. The van der Waals surface area contributed by atoms with Crippen molar-refractivity contribution in [1.82, 2.24) is 9.80 Å². The first-order valence-corrected chi connectivity index (χ1v) is 5.46. The van der Waals surface area contributed by atoms with Gasteiger partial charge in [0.25, 0.3) is 5.91 Å². The number of nitrogens with one attached hydrogen (secondary N) is 1. The molecule has 16 heavy (non-hydrogen) atoms. The van der Waals surface area contributed by atoms with Crippen molar-refractivity contribution in [1.29, 1.82) is 5.41 Å². The smallest absolute Gasteiger partial charge is 0.291 e. The van der Waals surface area contributed by atoms with E-state index in [1.54, 1.807) is 11.8 Å². The van der Waals surface area contributed by atoms with Crippen molar-refractivity contribution in [3.8, 4) is 0 Å². The average molecular weight is 224 g/mol. The molecule has 5 heteroatoms. The first-order chi connectivity index (χ1) is 7.38. The van der Waals surface area contributed by atoms with E-state index in [-0.39, 0.29) is 17.3 Å². The lowest BCUT2D eigenvalue weighted by molar-refractivity contribution is -0.132. The largest absolute Gasteiger partial charge is 0.328 e. The molecule has 0 spiro atoms. The molecule has 1 rings (SSSR count). The Hall–Kier alpha value is -1.23. The standard InChI is InChI=1S/C11H20N4O/c1-5-13-9(12)10(16)15-7-6-14(4)8-11(15,2)3/h5,12H,6-8H2,1-4H3. The molecule has 1 N–H and O–H groups in total. The molecule has 0 aromatic heterocycles. The lowest BCUT2D eigenvalue weighted by Gasteiger charge is -2.45. The highest BCUT2D eigenvalue weighted by Gasteiger charge is 2.36. The van der Waals surface area contributed by atoms with Crippen LogP contribution in [0, 0.1) is 5.41 Å². The molecule has 0 aliphatic carbocycles. The van der Waals surface area contributed by atoms with Crippen LogP contribution >= 0.6 is 0 Å². The Labute approximate surface area is 96.6 Å². The van der Waals surface area contributed by atoms with E-state index < -0.39 is 0 Å². The number of nitrogens with zero attached hydrogens (tertiary/aromatic N) is 3. The highest BCUT2D eigenvalue weighted by molar-refractivity contribution is 6.38. The second-order valence-corrected chi connectivity index (χ2v) is 4.74. The van der Waals surface area contributed by atoms with Crippen molar-refractivity contribution in [2.24, 2.45) is 4.99 Å². The van der Waals surface area contributed by atoms with Crippen LogP contribution < -0.4 is 0 Å². The summed E-state index contributed by atoms with van der Waals surface area (Å²) in [6.07, 6.45) is 1.48. The summed E-state index contributed by atoms with van der Waals surface area (Å²) in [5.41, 5.74) is -0.236. The van der Waals surface area contributed by atoms with Gasteiger partial charge in [0.05, 0.1) is 5.54 Å². The Bertz CT molecular complexity index is 322. The molecule has 0 saturated carbocycles. The number of likely N-dealkylation sites (N-methyl/N-ethyl adjacent to an activating group) is 1. The highest BCUT2D eigenvalue weighted by Crippen LogP contribution is 2.20. The second-order valence-electron chi connectivity index (χ2n) is 4.74. The second kappa shape index (κ2) is 4.74. The molecule has 1 amide bonds. The van der Waals surface area contributed by atoms with Crippen LogP contribution in [0.4, 0.5) is 0 Å². The van der Waals surface area contributed by atoms with Crippen LogP contribution in [0.5, 0.6) is 0 Å². The number of hydrogen-bond donors (Lipinski definition) is 1. The lowest BCUT2D eigenvalue weighted by atomic mass is 9.99. The number of carbonyl (C=O) groups excluding carboxylic acids is 1. The van der Waals surface area contributed by atoms with E-state index in [9.17, 15) is 4.79 Å². The van der Waals surface area contributed by atoms with Crippen LogP contribution in [0.1, 0.15) is 20.8 Å². The normalized spacial score (nSPS) is 21.4. The van der Waals surface area contributed by atoms with E-state index in [2.05, 4.69) is 9.89 Å². The third kappa shape index (κ3) is 2.66. The van der Waals surface area contributed by atoms with Gasteiger partial charge in [-0.3, -0.25) is 10.2 Å². The van der Waals surface area contributed by atoms with Crippen molar-refractivity contribution < 1.29 is 4.79 Å². The highest BCUT2D eigenvalue weighted by atomic mass is 16.2. The number of hydrogen-bond acceptors (Lipinski definition) is 3. The molecule has 1 aliphatic rings. The monoisotopic (exact) mass is 224 g/mol. The average Bonchev–Trinajstić information content (AvgIpc) is 2.15. The maximum atomic E-state index is 12.0. The van der Waals surface area contributed by atoms with Gasteiger partial charge >= 0.3 is 0 Å². The van der Waals surface area contributed by atoms with E-state index in [0.717, 1.165) is 13.1 Å². The molecule has 0 bridgehead atoms. The van der Waals surface area contributed by atoms with Gasteiger partial charge in [0.2, 0.25) is 5.84 Å². The third-order valence-electron chi connectivity index (χ3n) is 2.80. The van der Waals surface area contributed by atoms with Gasteiger partial charge in [-0.15, -0.1) is 0 Å². The molecule has 0 atom stereocenters. The van der Waals surface area contributed by atoms with Crippen molar-refractivity contribution in [2.45, 2.75) is 26.3 Å². The van der Waals surface area contributed by atoms with Gasteiger partial charge in [0.1, 0.15) is 0 Å². The minimum Gasteiger partial charge on any atom is -0.328 e. The Balaban J connectivity index is 2.80. The molecule has 0 aromatic carbocycles. The summed E-state index contributed by atoms with van der Waals surface area (Å²) in [7, 11) is 2.04. The van der Waals surface area contributed by atoms with Gasteiger partial charge in [0.15, 0.2) is 0 Å². The first-order valence-electron chi connectivity index (χ1n) is 5.46. The van der Waals surface area contributed by atoms with Crippen molar-refractivity contribution in [2.75, 3.05) is 26.7 Å². The van der Waals surface area contributed by atoms with Crippen LogP contribution in [0.2, 0.25) is 0 Å². The number of aliphatic imine (C=N–C) groups is 1. The molecule has 0 aromatic rings. The third-order valence-corrected chi connectivity index (χ3v) is 2.80. The Morgan fingerprint density at radius 3 is 2.56 bits per heavy atom. The SMILES string of the molecule is CC=NC(=N)C(=O)N1CCN(C)CC1(C)C. The van der Waals surface area contributed by atoms with E-state index in [4.69, 9.17) is 5.41 Å². The summed E-state index contributed by atoms with van der Waals surface area (Å²) in [5, 5.41) is 7.56. The van der Waals surface area contributed by atoms with Crippen LogP contribution in [0.25, 0.3) is 0 Å². The molecule has 1 heterocycles. The summed E-state index contributed by atoms with van der Waals surface area (Å²) in [5.74, 6) is -0.462. The van der Waals surface area contributed by atoms with E-state index >= 15 is 0 Å². The molecule has 90 valence electrons. The predicted octanol–water partition coefficient (Wildman–Crippen LogP) is 0.607. The topological polar surface area (TPSA) is 59.8 Å². The zero-order valence-electron chi connectivity index (χ0n) is 10.4. The van der Waals surface area contributed by atoms with Gasteiger partial charge in [-0.25, -0.2) is 4.99 Å². The van der Waals surface area contributed by atoms with E-state index in [0.29, 0.717) is 6.54 Å². The zero-order chi connectivity index (χ0) is 12.3. The Kier molecular flexibility index (Phi) is 3.80. The van der Waals surface area contributed by atoms with Crippen LogP contribution in [-0.4, -0.2) is 60.0 Å². The van der Waals surface area contributed by atoms with Crippen LogP contribution in [0.3, 0.4) is 0 Å². The molecule has 0 unspecified atom stereocenters. The first kappa shape index (κ1) is 12.8. The Morgan fingerprint density at radius 2 is 2.06 bits per heavy atom. The summed E-state index contributed by atoms with van der Waals surface area (Å²) >= 11 is 0. The fourth-order valence-electron chi connectivity index (χ4n) is 2.09. The maximum Gasteiger partial charge on any atom is 0.291 e. The van der Waals surface area contributed by atoms with Crippen LogP contribution in [0.15, 0.2) is 4.99 Å². The predicted molar refractivity (Wildman–Crippen MR) is 65.2 cm³/mol. The van der Waals surface area contributed by atoms with Crippen molar-refractivity contribution in [3.63, 3.8) is 0 Å². The van der Waals surface area contributed by atoms with Crippen molar-refractivity contribution >= 4 is 18.0 Å². The summed E-state index contributed by atoms with van der Waals surface area (Å²) in [6.45, 7) is 8.06. The number of carbonyl (C=O) groups is 1. The number of piperazine rings is 1. The molecule has 0 radical (unpaired) electrons. The maximum absolute atomic E-state index is 12.0. The molecular formula is C11H20N4O. The van der Waals surface area contributed by atoms with E-state index in [1.807, 2.05) is 20.9 Å². The zero-order valence-corrected chi connectivity index (χ0v) is 10.4. The van der Waals surface area contributed by atoms with Crippen LogP contribution in [-0.2, 0) is 4.79 Å².